The average Bonchev–Trinajstić information content (AvgIpc) is 3.68. The lowest BCUT2D eigenvalue weighted by Gasteiger charge is -2.23. The molecule has 1 N–H and O–H groups in total. The van der Waals surface area contributed by atoms with Gasteiger partial charge in [0.1, 0.15) is 22.8 Å². The van der Waals surface area contributed by atoms with Crippen LogP contribution in [0.1, 0.15) is 22.9 Å². The number of nitrogens with one attached hydrogen (secondary N) is 1. The summed E-state index contributed by atoms with van der Waals surface area (Å²) in [6, 6.07) is 70.4. The number of furan rings is 1. The number of amidine groups is 2. The maximum Gasteiger partial charge on any atom is 0.170 e. The summed E-state index contributed by atoms with van der Waals surface area (Å²) < 4.78 is 6.82. The number of fused-ring (bicyclic) bond motifs is 6. The third-order valence-electron chi connectivity index (χ3n) is 11.1. The first-order chi connectivity index (χ1) is 28.2. The Kier molecular flexibility index (Phi) is 7.85. The molecule has 0 saturated heterocycles. The van der Waals surface area contributed by atoms with E-state index in [-0.39, 0.29) is 0 Å². The Hall–Kier alpha value is -7.56. The van der Waals surface area contributed by atoms with E-state index in [1.54, 1.807) is 0 Å². The Balaban J connectivity index is 1.04. The van der Waals surface area contributed by atoms with Crippen LogP contribution in [-0.2, 0) is 0 Å². The summed E-state index contributed by atoms with van der Waals surface area (Å²) in [7, 11) is 0. The molecule has 268 valence electrons. The Morgan fingerprint density at radius 1 is 0.386 bits per heavy atom. The van der Waals surface area contributed by atoms with E-state index in [9.17, 15) is 0 Å². The maximum absolute atomic E-state index is 6.82. The largest absolute Gasteiger partial charge is 0.455 e. The number of hydrogen-bond acceptors (Lipinski definition) is 4. The molecular formula is C53H35N3O. The molecule has 0 bridgehead atoms. The van der Waals surface area contributed by atoms with Gasteiger partial charge < -0.3 is 9.73 Å². The molecule has 0 radical (unpaired) electrons. The molecule has 0 amide bonds. The molecule has 1 atom stereocenters. The zero-order valence-electron chi connectivity index (χ0n) is 30.9. The molecule has 0 aliphatic carbocycles. The van der Waals surface area contributed by atoms with Gasteiger partial charge in [0.05, 0.1) is 0 Å². The topological polar surface area (TPSA) is 49.9 Å². The number of nitrogens with zero attached hydrogens (tertiary/aromatic N) is 2. The molecule has 0 fully saturated rings. The predicted molar refractivity (Wildman–Crippen MR) is 237 cm³/mol. The summed E-state index contributed by atoms with van der Waals surface area (Å²) in [5.74, 6) is 1.54. The van der Waals surface area contributed by atoms with Crippen molar-refractivity contribution in [3.63, 3.8) is 0 Å². The molecule has 0 saturated carbocycles. The van der Waals surface area contributed by atoms with Crippen molar-refractivity contribution < 1.29 is 4.42 Å². The molecule has 1 aliphatic heterocycles. The average molecular weight is 730 g/mol. The second-order valence-electron chi connectivity index (χ2n) is 14.6. The van der Waals surface area contributed by atoms with E-state index < -0.39 is 6.17 Å². The first-order valence-electron chi connectivity index (χ1n) is 19.3. The third-order valence-corrected chi connectivity index (χ3v) is 11.1. The van der Waals surface area contributed by atoms with Gasteiger partial charge in [0.2, 0.25) is 0 Å². The minimum atomic E-state index is -0.524. The van der Waals surface area contributed by atoms with E-state index >= 15 is 0 Å². The van der Waals surface area contributed by atoms with Crippen LogP contribution < -0.4 is 5.32 Å². The van der Waals surface area contributed by atoms with Crippen molar-refractivity contribution in [1.82, 2.24) is 5.32 Å². The fraction of sp³-hybridized carbons (Fsp3) is 0.0189. The summed E-state index contributed by atoms with van der Waals surface area (Å²) in [4.78, 5) is 10.7. The molecule has 4 nitrogen and oxygen atoms in total. The van der Waals surface area contributed by atoms with Crippen LogP contribution in [0.25, 0.3) is 76.9 Å². The highest BCUT2D eigenvalue weighted by Crippen LogP contribution is 2.42. The number of para-hydroxylation sites is 1. The van der Waals surface area contributed by atoms with Crippen molar-refractivity contribution in [3.8, 4) is 33.4 Å². The molecule has 1 aromatic heterocycles. The number of hydrogen-bond donors (Lipinski definition) is 1. The molecule has 4 heteroatoms. The zero-order chi connectivity index (χ0) is 37.7. The summed E-state index contributed by atoms with van der Waals surface area (Å²) in [5, 5.41) is 10.4. The lowest BCUT2D eigenvalue weighted by molar-refractivity contribution is 0.667. The van der Waals surface area contributed by atoms with Crippen LogP contribution in [0.4, 0.5) is 0 Å². The molecule has 11 rings (SSSR count). The van der Waals surface area contributed by atoms with Crippen LogP contribution in [0.15, 0.2) is 215 Å². The van der Waals surface area contributed by atoms with E-state index in [4.69, 9.17) is 14.4 Å². The van der Waals surface area contributed by atoms with Gasteiger partial charge in [-0.2, -0.15) is 0 Å². The lowest BCUT2D eigenvalue weighted by atomic mass is 9.96. The molecule has 1 unspecified atom stereocenters. The van der Waals surface area contributed by atoms with E-state index in [0.29, 0.717) is 0 Å². The van der Waals surface area contributed by atoms with Crippen LogP contribution in [0.2, 0.25) is 0 Å². The SMILES string of the molecule is c1ccc(-c2ccc(-c3ccc(C4=NC(c5cc6oc7c(-c8ccccc8)cccc7c6c6ccccc56)N=C(c5ccc6ccccc6c5)N4)cc3)cc2)cc1. The molecule has 1 aliphatic rings. The summed E-state index contributed by atoms with van der Waals surface area (Å²) >= 11 is 0. The minimum absolute atomic E-state index is 0.524. The van der Waals surface area contributed by atoms with Crippen LogP contribution in [-0.4, -0.2) is 11.7 Å². The Morgan fingerprint density at radius 3 is 1.61 bits per heavy atom. The van der Waals surface area contributed by atoms with Crippen molar-refractivity contribution >= 4 is 55.2 Å². The quantitative estimate of drug-likeness (QED) is 0.185. The Bertz CT molecular complexity index is 3180. The van der Waals surface area contributed by atoms with Crippen LogP contribution in [0.5, 0.6) is 0 Å². The lowest BCUT2D eigenvalue weighted by Crippen LogP contribution is -2.36. The second kappa shape index (κ2) is 13.6. The van der Waals surface area contributed by atoms with Gasteiger partial charge in [-0.25, -0.2) is 9.98 Å². The highest BCUT2D eigenvalue weighted by molar-refractivity contribution is 6.22. The van der Waals surface area contributed by atoms with Crippen molar-refractivity contribution in [2.75, 3.05) is 0 Å². The zero-order valence-corrected chi connectivity index (χ0v) is 30.9. The number of benzene rings is 9. The predicted octanol–water partition coefficient (Wildman–Crippen LogP) is 13.4. The van der Waals surface area contributed by atoms with Gasteiger partial charge in [0, 0.05) is 33.0 Å². The van der Waals surface area contributed by atoms with Gasteiger partial charge in [-0.15, -0.1) is 0 Å². The Labute approximate surface area is 330 Å². The van der Waals surface area contributed by atoms with Gasteiger partial charge in [0.15, 0.2) is 6.17 Å². The number of aliphatic imine (C=N–C) groups is 2. The second-order valence-corrected chi connectivity index (χ2v) is 14.6. The smallest absolute Gasteiger partial charge is 0.170 e. The molecule has 57 heavy (non-hydrogen) atoms. The first-order valence-corrected chi connectivity index (χ1v) is 19.3. The molecule has 10 aromatic rings. The molecular weight excluding hydrogens is 695 g/mol. The van der Waals surface area contributed by atoms with Gasteiger partial charge in [-0.1, -0.05) is 188 Å². The highest BCUT2D eigenvalue weighted by atomic mass is 16.3. The molecule has 0 spiro atoms. The molecule has 9 aromatic carbocycles. The van der Waals surface area contributed by atoms with Crippen LogP contribution in [0.3, 0.4) is 0 Å². The minimum Gasteiger partial charge on any atom is -0.455 e. The van der Waals surface area contributed by atoms with E-state index in [1.807, 2.05) is 12.1 Å². The van der Waals surface area contributed by atoms with Crippen molar-refractivity contribution in [2.24, 2.45) is 9.98 Å². The van der Waals surface area contributed by atoms with Crippen molar-refractivity contribution in [3.05, 3.63) is 217 Å². The fourth-order valence-electron chi connectivity index (χ4n) is 8.27. The van der Waals surface area contributed by atoms with Gasteiger partial charge >= 0.3 is 0 Å². The number of rotatable bonds is 6. The van der Waals surface area contributed by atoms with Gasteiger partial charge in [-0.3, -0.25) is 0 Å². The van der Waals surface area contributed by atoms with Crippen molar-refractivity contribution in [1.29, 1.82) is 0 Å². The monoisotopic (exact) mass is 729 g/mol. The van der Waals surface area contributed by atoms with E-state index in [0.717, 1.165) is 88.7 Å². The normalized spacial score (nSPS) is 14.1. The Morgan fingerprint density at radius 2 is 0.912 bits per heavy atom. The maximum atomic E-state index is 6.82. The van der Waals surface area contributed by atoms with Crippen molar-refractivity contribution in [2.45, 2.75) is 6.17 Å². The standard InChI is InChI=1S/C53H35N3O/c1-3-12-34(13-4-1)36-22-24-37(25-23-36)38-26-29-40(30-27-38)51-54-52(42-31-28-35-14-7-8-17-41(35)32-42)56-53(55-51)47-33-48-49(45-19-10-9-18-44(45)47)46-21-11-20-43(50(46)57-48)39-15-5-2-6-16-39/h1-33,53H,(H,54,55,56). The van der Waals surface area contributed by atoms with Gasteiger partial charge in [-0.05, 0) is 61.5 Å². The van der Waals surface area contributed by atoms with Crippen LogP contribution in [0, 0.1) is 0 Å². The highest BCUT2D eigenvalue weighted by Gasteiger charge is 2.25. The summed E-state index contributed by atoms with van der Waals surface area (Å²) in [5.41, 5.74) is 11.6. The van der Waals surface area contributed by atoms with Gasteiger partial charge in [0.25, 0.3) is 0 Å². The summed E-state index contributed by atoms with van der Waals surface area (Å²) in [6.45, 7) is 0. The fourth-order valence-corrected chi connectivity index (χ4v) is 8.27. The molecule has 2 heterocycles. The summed E-state index contributed by atoms with van der Waals surface area (Å²) in [6.07, 6.45) is -0.524. The van der Waals surface area contributed by atoms with E-state index in [2.05, 4.69) is 193 Å². The van der Waals surface area contributed by atoms with Crippen LogP contribution >= 0.6 is 0 Å². The first kappa shape index (κ1) is 32.8. The third kappa shape index (κ3) is 5.87. The van der Waals surface area contributed by atoms with E-state index in [1.165, 1.54) is 16.5 Å².